The molecule has 0 aromatic heterocycles. The number of carbonyl (C=O) groups excluding carboxylic acids is 2. The van der Waals surface area contributed by atoms with Gasteiger partial charge in [-0.1, -0.05) is 6.92 Å². The molecular weight excluding hydrogens is 216 g/mol. The Morgan fingerprint density at radius 3 is 2.35 bits per heavy atom. The topological polar surface area (TPSA) is 43.4 Å². The Bertz CT molecular complexity index is 447. The highest BCUT2D eigenvalue weighted by molar-refractivity contribution is 6.08. The fraction of sp³-hybridized carbons (Fsp3) is 0.429. The Hall–Kier alpha value is -1.64. The summed E-state index contributed by atoms with van der Waals surface area (Å²) in [5.41, 5.74) is 2.37. The van der Waals surface area contributed by atoms with Crippen LogP contribution in [0.2, 0.25) is 0 Å². The molecule has 0 aliphatic carbocycles. The third kappa shape index (κ3) is 3.16. The first-order valence-electron chi connectivity index (χ1n) is 5.69. The molecule has 1 aromatic carbocycles. The van der Waals surface area contributed by atoms with Crippen molar-refractivity contribution in [3.8, 4) is 5.75 Å². The first-order valence-corrected chi connectivity index (χ1v) is 5.69. The van der Waals surface area contributed by atoms with Crippen molar-refractivity contribution in [2.75, 3.05) is 7.11 Å². The van der Waals surface area contributed by atoms with E-state index in [2.05, 4.69) is 0 Å². The average molecular weight is 234 g/mol. The molecule has 0 bridgehead atoms. The Labute approximate surface area is 102 Å². The first kappa shape index (κ1) is 13.4. The maximum absolute atomic E-state index is 11.9. The molecule has 92 valence electrons. The van der Waals surface area contributed by atoms with Gasteiger partial charge in [-0.3, -0.25) is 9.59 Å². The van der Waals surface area contributed by atoms with Crippen LogP contribution in [0.15, 0.2) is 12.1 Å². The lowest BCUT2D eigenvalue weighted by molar-refractivity contribution is -0.117. The summed E-state index contributed by atoms with van der Waals surface area (Å²) in [5.74, 6) is 0.629. The number of methoxy groups -OCH3 is 1. The van der Waals surface area contributed by atoms with Gasteiger partial charge in [0.15, 0.2) is 5.78 Å². The van der Waals surface area contributed by atoms with E-state index >= 15 is 0 Å². The van der Waals surface area contributed by atoms with Crippen LogP contribution in [0, 0.1) is 13.8 Å². The zero-order valence-corrected chi connectivity index (χ0v) is 10.8. The SMILES string of the molecule is CCC(=O)CC(=O)c1cc(C)c(OC)cc1C. The predicted octanol–water partition coefficient (Wildman–Crippen LogP) is 2.86. The summed E-state index contributed by atoms with van der Waals surface area (Å²) in [5, 5.41) is 0. The Kier molecular flexibility index (Phi) is 4.44. The molecule has 0 saturated heterocycles. The van der Waals surface area contributed by atoms with Gasteiger partial charge in [0, 0.05) is 12.0 Å². The highest BCUT2D eigenvalue weighted by Crippen LogP contribution is 2.23. The molecule has 0 spiro atoms. The van der Waals surface area contributed by atoms with Gasteiger partial charge in [-0.15, -0.1) is 0 Å². The summed E-state index contributed by atoms with van der Waals surface area (Å²) >= 11 is 0. The summed E-state index contributed by atoms with van der Waals surface area (Å²) in [4.78, 5) is 23.2. The van der Waals surface area contributed by atoms with Crippen molar-refractivity contribution in [3.05, 3.63) is 28.8 Å². The van der Waals surface area contributed by atoms with E-state index in [1.807, 2.05) is 19.9 Å². The molecule has 0 N–H and O–H groups in total. The van der Waals surface area contributed by atoms with E-state index < -0.39 is 0 Å². The molecule has 0 atom stereocenters. The van der Waals surface area contributed by atoms with Gasteiger partial charge < -0.3 is 4.74 Å². The summed E-state index contributed by atoms with van der Waals surface area (Å²) in [6.45, 7) is 5.50. The molecule has 0 aliphatic heterocycles. The number of rotatable bonds is 5. The summed E-state index contributed by atoms with van der Waals surface area (Å²) < 4.78 is 5.18. The fourth-order valence-corrected chi connectivity index (χ4v) is 1.71. The smallest absolute Gasteiger partial charge is 0.170 e. The predicted molar refractivity (Wildman–Crippen MR) is 66.7 cm³/mol. The van der Waals surface area contributed by atoms with Crippen molar-refractivity contribution >= 4 is 11.6 Å². The van der Waals surface area contributed by atoms with Gasteiger partial charge in [0.2, 0.25) is 0 Å². The highest BCUT2D eigenvalue weighted by atomic mass is 16.5. The molecule has 17 heavy (non-hydrogen) atoms. The second-order valence-electron chi connectivity index (χ2n) is 4.13. The van der Waals surface area contributed by atoms with Crippen molar-refractivity contribution in [2.45, 2.75) is 33.6 Å². The van der Waals surface area contributed by atoms with E-state index in [0.29, 0.717) is 12.0 Å². The minimum absolute atomic E-state index is 0.0108. The van der Waals surface area contributed by atoms with Crippen LogP contribution >= 0.6 is 0 Å². The van der Waals surface area contributed by atoms with Gasteiger partial charge in [-0.2, -0.15) is 0 Å². The van der Waals surface area contributed by atoms with E-state index in [9.17, 15) is 9.59 Å². The number of aryl methyl sites for hydroxylation is 2. The number of ether oxygens (including phenoxy) is 1. The molecule has 3 heteroatoms. The largest absolute Gasteiger partial charge is 0.496 e. The van der Waals surface area contributed by atoms with Gasteiger partial charge in [-0.05, 0) is 37.1 Å². The number of hydrogen-bond donors (Lipinski definition) is 0. The first-order chi connectivity index (χ1) is 7.99. The van der Waals surface area contributed by atoms with Crippen LogP contribution < -0.4 is 4.74 Å². The second kappa shape index (κ2) is 5.62. The molecule has 1 rings (SSSR count). The lowest BCUT2D eigenvalue weighted by Crippen LogP contribution is -2.09. The van der Waals surface area contributed by atoms with Crippen molar-refractivity contribution < 1.29 is 14.3 Å². The molecule has 0 amide bonds. The number of hydrogen-bond acceptors (Lipinski definition) is 3. The Morgan fingerprint density at radius 2 is 1.82 bits per heavy atom. The summed E-state index contributed by atoms with van der Waals surface area (Å²) in [7, 11) is 1.60. The summed E-state index contributed by atoms with van der Waals surface area (Å²) in [6, 6.07) is 3.62. The Morgan fingerprint density at radius 1 is 1.18 bits per heavy atom. The number of ketones is 2. The molecule has 0 aliphatic rings. The average Bonchev–Trinajstić information content (AvgIpc) is 2.31. The van der Waals surface area contributed by atoms with E-state index in [0.717, 1.165) is 16.9 Å². The lowest BCUT2D eigenvalue weighted by Gasteiger charge is -2.10. The fourth-order valence-electron chi connectivity index (χ4n) is 1.71. The normalized spacial score (nSPS) is 10.1. The third-order valence-electron chi connectivity index (χ3n) is 2.79. The molecule has 0 unspecified atom stereocenters. The standard InChI is InChI=1S/C14H18O3/c1-5-11(15)8-13(16)12-6-10(3)14(17-4)7-9(12)2/h6-7H,5,8H2,1-4H3. The Balaban J connectivity index is 3.02. The minimum Gasteiger partial charge on any atom is -0.496 e. The van der Waals surface area contributed by atoms with Gasteiger partial charge in [-0.25, -0.2) is 0 Å². The van der Waals surface area contributed by atoms with Crippen LogP contribution in [0.5, 0.6) is 5.75 Å². The van der Waals surface area contributed by atoms with Gasteiger partial charge >= 0.3 is 0 Å². The second-order valence-corrected chi connectivity index (χ2v) is 4.13. The van der Waals surface area contributed by atoms with Gasteiger partial charge in [0.25, 0.3) is 0 Å². The number of benzene rings is 1. The quantitative estimate of drug-likeness (QED) is 0.581. The lowest BCUT2D eigenvalue weighted by atomic mass is 9.98. The van der Waals surface area contributed by atoms with E-state index in [1.165, 1.54) is 0 Å². The number of Topliss-reactive ketones (excluding diaryl/α,β-unsaturated/α-hetero) is 2. The molecule has 1 aromatic rings. The zero-order valence-electron chi connectivity index (χ0n) is 10.8. The van der Waals surface area contributed by atoms with Crippen LogP contribution in [-0.2, 0) is 4.79 Å². The third-order valence-corrected chi connectivity index (χ3v) is 2.79. The van der Waals surface area contributed by atoms with Crippen molar-refractivity contribution in [1.82, 2.24) is 0 Å². The van der Waals surface area contributed by atoms with Crippen LogP contribution in [0.4, 0.5) is 0 Å². The van der Waals surface area contributed by atoms with Crippen LogP contribution in [-0.4, -0.2) is 18.7 Å². The van der Waals surface area contributed by atoms with Crippen LogP contribution in [0.25, 0.3) is 0 Å². The monoisotopic (exact) mass is 234 g/mol. The van der Waals surface area contributed by atoms with Crippen molar-refractivity contribution in [2.24, 2.45) is 0 Å². The highest BCUT2D eigenvalue weighted by Gasteiger charge is 2.14. The number of carbonyl (C=O) groups is 2. The van der Waals surface area contributed by atoms with E-state index in [-0.39, 0.29) is 18.0 Å². The van der Waals surface area contributed by atoms with Gasteiger partial charge in [0.1, 0.15) is 11.5 Å². The van der Waals surface area contributed by atoms with Crippen LogP contribution in [0.3, 0.4) is 0 Å². The van der Waals surface area contributed by atoms with Gasteiger partial charge in [0.05, 0.1) is 13.5 Å². The summed E-state index contributed by atoms with van der Waals surface area (Å²) in [6.07, 6.45) is 0.392. The molecule has 3 nitrogen and oxygen atoms in total. The molecule has 0 radical (unpaired) electrons. The van der Waals surface area contributed by atoms with Crippen molar-refractivity contribution in [1.29, 1.82) is 0 Å². The molecule has 0 saturated carbocycles. The molecule has 0 fully saturated rings. The van der Waals surface area contributed by atoms with Crippen LogP contribution in [0.1, 0.15) is 41.3 Å². The molecule has 0 heterocycles. The minimum atomic E-state index is -0.111. The maximum Gasteiger partial charge on any atom is 0.170 e. The van der Waals surface area contributed by atoms with Crippen molar-refractivity contribution in [3.63, 3.8) is 0 Å². The van der Waals surface area contributed by atoms with E-state index in [1.54, 1.807) is 20.1 Å². The molecular formula is C14H18O3. The zero-order chi connectivity index (χ0) is 13.0. The van der Waals surface area contributed by atoms with E-state index in [4.69, 9.17) is 4.74 Å². The maximum atomic E-state index is 11.9.